The van der Waals surface area contributed by atoms with E-state index in [1.54, 1.807) is 0 Å². The van der Waals surface area contributed by atoms with Crippen LogP contribution in [0.25, 0.3) is 0 Å². The molecule has 0 radical (unpaired) electrons. The molecule has 2 fully saturated rings. The van der Waals surface area contributed by atoms with E-state index in [1.807, 2.05) is 17.0 Å². The predicted octanol–water partition coefficient (Wildman–Crippen LogP) is 3.38. The number of anilines is 1. The van der Waals surface area contributed by atoms with Gasteiger partial charge in [-0.3, -0.25) is 19.6 Å². The van der Waals surface area contributed by atoms with E-state index >= 15 is 0 Å². The third-order valence-corrected chi connectivity index (χ3v) is 8.62. The van der Waals surface area contributed by atoms with Crippen molar-refractivity contribution in [1.29, 1.82) is 0 Å². The number of hydrogen-bond acceptors (Lipinski definition) is 6. The molecule has 3 aliphatic rings. The summed E-state index contributed by atoms with van der Waals surface area (Å²) < 4.78 is 19.1. The molecule has 4 heterocycles. The van der Waals surface area contributed by atoms with Crippen LogP contribution >= 0.6 is 0 Å². The number of rotatable bonds is 7. The van der Waals surface area contributed by atoms with E-state index in [9.17, 15) is 9.18 Å². The molecule has 5 rings (SSSR count). The van der Waals surface area contributed by atoms with Crippen molar-refractivity contribution < 1.29 is 13.9 Å². The molecule has 8 heteroatoms. The lowest BCUT2D eigenvalue weighted by molar-refractivity contribution is -0.121. The Kier molecular flexibility index (Phi) is 8.38. The van der Waals surface area contributed by atoms with Gasteiger partial charge < -0.3 is 15.0 Å². The third-order valence-electron chi connectivity index (χ3n) is 8.62. The number of hydrogen-bond donors (Lipinski definition) is 1. The highest BCUT2D eigenvalue weighted by molar-refractivity contribution is 5.97. The Balaban J connectivity index is 1.37. The van der Waals surface area contributed by atoms with Gasteiger partial charge in [-0.25, -0.2) is 4.39 Å². The average molecular weight is 538 g/mol. The summed E-state index contributed by atoms with van der Waals surface area (Å²) in [4.78, 5) is 26.0. The molecule has 39 heavy (non-hydrogen) atoms. The number of nitrogens with one attached hydrogen (secondary N) is 1. The summed E-state index contributed by atoms with van der Waals surface area (Å²) in [5, 5.41) is 3.63. The smallest absolute Gasteiger partial charge is 0.241 e. The molecule has 3 aliphatic heterocycles. The number of amides is 1. The van der Waals surface area contributed by atoms with Crippen LogP contribution in [0.15, 0.2) is 30.3 Å². The van der Waals surface area contributed by atoms with Crippen LogP contribution in [0.3, 0.4) is 0 Å². The minimum Gasteiger partial charge on any atom is -0.379 e. The lowest BCUT2D eigenvalue weighted by atomic mass is 9.90. The van der Waals surface area contributed by atoms with Crippen molar-refractivity contribution in [2.24, 2.45) is 0 Å². The van der Waals surface area contributed by atoms with Crippen LogP contribution in [0.4, 0.5) is 10.1 Å². The molecule has 0 unspecified atom stereocenters. The first kappa shape index (κ1) is 28.1. The maximum Gasteiger partial charge on any atom is 0.241 e. The van der Waals surface area contributed by atoms with Crippen molar-refractivity contribution in [3.63, 3.8) is 0 Å². The second-order valence-electron chi connectivity index (χ2n) is 12.3. The van der Waals surface area contributed by atoms with Crippen LogP contribution in [-0.4, -0.2) is 91.3 Å². The predicted molar refractivity (Wildman–Crippen MR) is 153 cm³/mol. The van der Waals surface area contributed by atoms with E-state index in [0.717, 1.165) is 74.0 Å². The molecule has 212 valence electrons. The molecule has 1 amide bonds. The Bertz CT molecular complexity index is 1170. The molecule has 1 N–H and O–H groups in total. The summed E-state index contributed by atoms with van der Waals surface area (Å²) in [6.07, 6.45) is 1.48. The van der Waals surface area contributed by atoms with Crippen LogP contribution in [0, 0.1) is 5.82 Å². The number of carbonyl (C=O) groups excluding carboxylic acids is 1. The van der Waals surface area contributed by atoms with Crippen molar-refractivity contribution in [1.82, 2.24) is 20.1 Å². The second-order valence-corrected chi connectivity index (χ2v) is 12.3. The summed E-state index contributed by atoms with van der Waals surface area (Å²) in [5.74, 6) is -0.0987. The van der Waals surface area contributed by atoms with Crippen molar-refractivity contribution in [2.75, 3.05) is 57.4 Å². The number of benzene rings is 1. The highest BCUT2D eigenvalue weighted by Crippen LogP contribution is 2.41. The topological polar surface area (TPSA) is 60.9 Å². The number of morpholine rings is 1. The van der Waals surface area contributed by atoms with Gasteiger partial charge in [-0.15, -0.1) is 0 Å². The number of aryl methyl sites for hydroxylation is 1. The molecule has 7 nitrogen and oxygen atoms in total. The number of piperazine rings is 1. The van der Waals surface area contributed by atoms with Crippen LogP contribution in [-0.2, 0) is 27.8 Å². The zero-order valence-corrected chi connectivity index (χ0v) is 24.2. The number of ether oxygens (including phenoxy) is 1. The Morgan fingerprint density at radius 2 is 1.97 bits per heavy atom. The fraction of sp³-hybridized carbons (Fsp3) is 0.613. The molecule has 0 aliphatic carbocycles. The molecule has 1 aromatic heterocycles. The van der Waals surface area contributed by atoms with E-state index in [1.165, 1.54) is 12.1 Å². The van der Waals surface area contributed by atoms with Gasteiger partial charge in [-0.1, -0.05) is 32.9 Å². The summed E-state index contributed by atoms with van der Waals surface area (Å²) in [5.41, 5.74) is 4.91. The lowest BCUT2D eigenvalue weighted by Crippen LogP contribution is -2.62. The normalized spacial score (nSPS) is 25.6. The van der Waals surface area contributed by atoms with Gasteiger partial charge in [0.15, 0.2) is 0 Å². The van der Waals surface area contributed by atoms with E-state index < -0.39 is 0 Å². The van der Waals surface area contributed by atoms with Gasteiger partial charge in [-0.05, 0) is 56.0 Å². The first-order chi connectivity index (χ1) is 18.6. The third kappa shape index (κ3) is 6.19. The zero-order chi connectivity index (χ0) is 27.7. The number of carbonyl (C=O) groups is 1. The molecular weight excluding hydrogens is 493 g/mol. The Labute approximate surface area is 232 Å². The van der Waals surface area contributed by atoms with E-state index in [-0.39, 0.29) is 23.2 Å². The fourth-order valence-electron chi connectivity index (χ4n) is 6.31. The van der Waals surface area contributed by atoms with Crippen LogP contribution in [0.1, 0.15) is 57.1 Å². The van der Waals surface area contributed by atoms with Gasteiger partial charge in [0.2, 0.25) is 5.91 Å². The van der Waals surface area contributed by atoms with Gasteiger partial charge in [0.25, 0.3) is 0 Å². The molecule has 1 aromatic carbocycles. The zero-order valence-electron chi connectivity index (χ0n) is 24.2. The quantitative estimate of drug-likeness (QED) is 0.585. The standard InChI is InChI=1S/C31H44FN5O2/c1-6-27-24(13-23-7-9-25(32)10-8-23)14-28-30(34-27)31(4,5)20-37(28)29(38)18-36-16-21(2)33-15-26(36)17-35-11-12-39-19-22(35)3/h7-10,14,21-22,26,33H,6,11-13,15-20H2,1-5H3/t21-,22-,26-/m1/s1. The summed E-state index contributed by atoms with van der Waals surface area (Å²) in [6, 6.07) is 9.84. The molecule has 0 bridgehead atoms. The van der Waals surface area contributed by atoms with Crippen LogP contribution in [0.2, 0.25) is 0 Å². The Morgan fingerprint density at radius 1 is 1.21 bits per heavy atom. The molecule has 2 saturated heterocycles. The van der Waals surface area contributed by atoms with Gasteiger partial charge in [0.1, 0.15) is 5.82 Å². The minimum absolute atomic E-state index is 0.134. The van der Waals surface area contributed by atoms with Crippen molar-refractivity contribution in [3.8, 4) is 0 Å². The number of pyridine rings is 1. The van der Waals surface area contributed by atoms with E-state index in [2.05, 4.69) is 55.8 Å². The molecule has 0 spiro atoms. The number of fused-ring (bicyclic) bond motifs is 1. The minimum atomic E-state index is -0.233. The summed E-state index contributed by atoms with van der Waals surface area (Å²) in [6.45, 7) is 17.1. The average Bonchev–Trinajstić information content (AvgIpc) is 3.17. The fourth-order valence-corrected chi connectivity index (χ4v) is 6.31. The van der Waals surface area contributed by atoms with Crippen molar-refractivity contribution >= 4 is 11.6 Å². The number of aromatic nitrogens is 1. The highest BCUT2D eigenvalue weighted by atomic mass is 19.1. The Morgan fingerprint density at radius 3 is 2.69 bits per heavy atom. The molecular formula is C31H44FN5O2. The van der Waals surface area contributed by atoms with Gasteiger partial charge in [0, 0.05) is 62.0 Å². The number of halogens is 1. The van der Waals surface area contributed by atoms with Crippen molar-refractivity contribution in [3.05, 3.63) is 58.7 Å². The van der Waals surface area contributed by atoms with Crippen LogP contribution < -0.4 is 10.2 Å². The van der Waals surface area contributed by atoms with E-state index in [4.69, 9.17) is 9.72 Å². The summed E-state index contributed by atoms with van der Waals surface area (Å²) >= 11 is 0. The molecule has 2 aromatic rings. The summed E-state index contributed by atoms with van der Waals surface area (Å²) in [7, 11) is 0. The maximum atomic E-state index is 14.0. The first-order valence-corrected chi connectivity index (χ1v) is 14.5. The molecule has 0 saturated carbocycles. The lowest BCUT2D eigenvalue weighted by Gasteiger charge is -2.43. The maximum absolute atomic E-state index is 14.0. The Hall–Kier alpha value is -2.39. The first-order valence-electron chi connectivity index (χ1n) is 14.5. The van der Waals surface area contributed by atoms with Crippen LogP contribution in [0.5, 0.6) is 0 Å². The van der Waals surface area contributed by atoms with Gasteiger partial charge in [-0.2, -0.15) is 0 Å². The SMILES string of the molecule is CCc1nc2c(cc1Cc1ccc(F)cc1)N(C(=O)CN1C[C@@H](C)NC[C@@H]1CN1CCOC[C@H]1C)CC2(C)C. The van der Waals surface area contributed by atoms with Crippen molar-refractivity contribution in [2.45, 2.75) is 71.0 Å². The van der Waals surface area contributed by atoms with Gasteiger partial charge >= 0.3 is 0 Å². The van der Waals surface area contributed by atoms with E-state index in [0.29, 0.717) is 31.6 Å². The number of nitrogens with zero attached hydrogens (tertiary/aromatic N) is 4. The second kappa shape index (κ2) is 11.6. The largest absolute Gasteiger partial charge is 0.379 e. The monoisotopic (exact) mass is 537 g/mol. The molecule has 3 atom stereocenters. The van der Waals surface area contributed by atoms with Gasteiger partial charge in [0.05, 0.1) is 31.1 Å². The highest BCUT2D eigenvalue weighted by Gasteiger charge is 2.41.